The van der Waals surface area contributed by atoms with Gasteiger partial charge in [-0.2, -0.15) is 0 Å². The highest BCUT2D eigenvalue weighted by Crippen LogP contribution is 2.28. The number of ether oxygens (including phenoxy) is 2. The lowest BCUT2D eigenvalue weighted by Gasteiger charge is -2.31. The van der Waals surface area contributed by atoms with Crippen LogP contribution in [0.1, 0.15) is 25.7 Å². The lowest BCUT2D eigenvalue weighted by Crippen LogP contribution is -2.54. The van der Waals surface area contributed by atoms with Crippen LogP contribution in [0.4, 0.5) is 0 Å². The van der Waals surface area contributed by atoms with Crippen LogP contribution in [-0.2, 0) is 16.6 Å². The Morgan fingerprint density at radius 2 is 2.16 bits per heavy atom. The first kappa shape index (κ1) is 18.4. The molecule has 8 heteroatoms. The van der Waals surface area contributed by atoms with Gasteiger partial charge in [-0.15, -0.1) is 0 Å². The molecular weight excluding hydrogens is 390 g/mol. The predicted octanol–water partition coefficient (Wildman–Crippen LogP) is 0.942. The van der Waals surface area contributed by atoms with Gasteiger partial charge in [0.25, 0.3) is 5.56 Å². The molecule has 1 aromatic rings. The van der Waals surface area contributed by atoms with Crippen molar-refractivity contribution < 1.29 is 14.3 Å². The Bertz CT molecular complexity index is 664. The normalized spacial score (nSPS) is 26.9. The molecule has 0 radical (unpaired) electrons. The van der Waals surface area contributed by atoms with Crippen LogP contribution in [0, 0.1) is 0 Å². The molecule has 0 bridgehead atoms. The molecule has 2 fully saturated rings. The number of hydrogen-bond acceptors (Lipinski definition) is 5. The summed E-state index contributed by atoms with van der Waals surface area (Å²) < 4.78 is 13.6. The molecule has 2 heterocycles. The molecule has 1 atom stereocenters. The molecule has 1 saturated carbocycles. The molecule has 25 heavy (non-hydrogen) atoms. The highest BCUT2D eigenvalue weighted by molar-refractivity contribution is 9.10. The Morgan fingerprint density at radius 1 is 1.40 bits per heavy atom. The fourth-order valence-electron chi connectivity index (χ4n) is 3.21. The van der Waals surface area contributed by atoms with Gasteiger partial charge in [0.2, 0.25) is 5.91 Å². The number of nitrogens with zero attached hydrogens (tertiary/aromatic N) is 1. The lowest BCUT2D eigenvalue weighted by atomic mass is 9.92. The first-order valence-electron chi connectivity index (χ1n) is 8.67. The summed E-state index contributed by atoms with van der Waals surface area (Å²) in [5.41, 5.74) is -0.0960. The molecule has 0 aromatic carbocycles. The molecular formula is C17H24BrN3O4. The van der Waals surface area contributed by atoms with Crippen LogP contribution in [0.15, 0.2) is 21.5 Å². The Labute approximate surface area is 155 Å². The second-order valence-corrected chi connectivity index (χ2v) is 7.47. The maximum atomic E-state index is 12.2. The third-order valence-electron chi connectivity index (χ3n) is 4.70. The minimum absolute atomic E-state index is 0.0124. The minimum atomic E-state index is -0.251. The van der Waals surface area contributed by atoms with Crippen LogP contribution in [-0.4, -0.2) is 48.4 Å². The number of carbonyl (C=O) groups is 1. The second-order valence-electron chi connectivity index (χ2n) is 6.62. The zero-order valence-corrected chi connectivity index (χ0v) is 15.9. The van der Waals surface area contributed by atoms with E-state index in [1.54, 1.807) is 13.2 Å². The molecule has 3 rings (SSSR count). The van der Waals surface area contributed by atoms with Crippen molar-refractivity contribution in [3.8, 4) is 5.75 Å². The van der Waals surface area contributed by atoms with Gasteiger partial charge in [-0.1, -0.05) is 0 Å². The Kier molecular flexibility index (Phi) is 6.14. The smallest absolute Gasteiger partial charge is 0.254 e. The van der Waals surface area contributed by atoms with Crippen molar-refractivity contribution in [3.05, 3.63) is 27.1 Å². The second kappa shape index (κ2) is 8.33. The van der Waals surface area contributed by atoms with Crippen LogP contribution >= 0.6 is 15.9 Å². The van der Waals surface area contributed by atoms with Gasteiger partial charge in [0, 0.05) is 31.9 Å². The third-order valence-corrected chi connectivity index (χ3v) is 5.29. The van der Waals surface area contributed by atoms with Gasteiger partial charge in [0.05, 0.1) is 23.8 Å². The monoisotopic (exact) mass is 413 g/mol. The Morgan fingerprint density at radius 3 is 2.84 bits per heavy atom. The number of amides is 1. The molecule has 1 aliphatic carbocycles. The predicted molar refractivity (Wildman–Crippen MR) is 96.8 cm³/mol. The number of carbonyl (C=O) groups excluding carboxylic acids is 1. The zero-order valence-electron chi connectivity index (χ0n) is 14.3. The van der Waals surface area contributed by atoms with Crippen molar-refractivity contribution in [3.63, 3.8) is 0 Å². The van der Waals surface area contributed by atoms with Crippen molar-refractivity contribution >= 4 is 21.8 Å². The van der Waals surface area contributed by atoms with Gasteiger partial charge in [-0.25, -0.2) is 0 Å². The molecule has 7 nitrogen and oxygen atoms in total. The summed E-state index contributed by atoms with van der Waals surface area (Å²) in [7, 11) is 1.71. The average Bonchev–Trinajstić information content (AvgIpc) is 2.62. The molecule has 1 unspecified atom stereocenters. The molecule has 0 spiro atoms. The van der Waals surface area contributed by atoms with Crippen LogP contribution in [0.25, 0.3) is 0 Å². The van der Waals surface area contributed by atoms with E-state index in [1.807, 2.05) is 0 Å². The van der Waals surface area contributed by atoms with Crippen LogP contribution in [0.5, 0.6) is 5.75 Å². The number of aryl methyl sites for hydroxylation is 1. The van der Waals surface area contributed by atoms with Crippen molar-refractivity contribution in [2.24, 2.45) is 7.05 Å². The number of halogens is 1. The number of nitrogens with one attached hydrogen (secondary N) is 2. The number of hydrogen-bond donors (Lipinski definition) is 2. The average molecular weight is 414 g/mol. The number of pyridine rings is 1. The number of rotatable bonds is 4. The molecule has 138 valence electrons. The van der Waals surface area contributed by atoms with E-state index in [1.165, 1.54) is 10.6 Å². The highest BCUT2D eigenvalue weighted by Gasteiger charge is 2.27. The largest absolute Gasteiger partial charge is 0.489 e. The third kappa shape index (κ3) is 4.83. The fourth-order valence-corrected chi connectivity index (χ4v) is 3.73. The van der Waals surface area contributed by atoms with Crippen molar-refractivity contribution in [2.75, 3.05) is 19.8 Å². The van der Waals surface area contributed by atoms with E-state index in [-0.39, 0.29) is 29.7 Å². The topological polar surface area (TPSA) is 81.6 Å². The van der Waals surface area contributed by atoms with Crippen molar-refractivity contribution in [1.29, 1.82) is 0 Å². The van der Waals surface area contributed by atoms with Gasteiger partial charge >= 0.3 is 0 Å². The Balaban J connectivity index is 1.48. The van der Waals surface area contributed by atoms with E-state index in [2.05, 4.69) is 26.6 Å². The molecule has 1 amide bonds. The summed E-state index contributed by atoms with van der Waals surface area (Å²) in [5, 5.41) is 6.27. The van der Waals surface area contributed by atoms with Crippen molar-refractivity contribution in [1.82, 2.24) is 15.2 Å². The molecule has 1 aliphatic heterocycles. The van der Waals surface area contributed by atoms with Gasteiger partial charge in [0.1, 0.15) is 11.8 Å². The van der Waals surface area contributed by atoms with Gasteiger partial charge < -0.3 is 24.7 Å². The maximum absolute atomic E-state index is 12.2. The molecule has 1 aromatic heterocycles. The first-order valence-corrected chi connectivity index (χ1v) is 9.46. The van der Waals surface area contributed by atoms with Gasteiger partial charge in [-0.3, -0.25) is 9.59 Å². The van der Waals surface area contributed by atoms with E-state index >= 15 is 0 Å². The van der Waals surface area contributed by atoms with Gasteiger partial charge in [-0.05, 0) is 41.6 Å². The molecule has 2 aliphatic rings. The highest BCUT2D eigenvalue weighted by atomic mass is 79.9. The lowest BCUT2D eigenvalue weighted by molar-refractivity contribution is -0.127. The standard InChI is InChI=1S/C17H24BrN3O4/c1-21-9-13(18)15(8-16(21)22)25-12-4-2-11(3-5-12)20-17(23)14-10-24-7-6-19-14/h8-9,11-12,14,19H,2-7,10H2,1H3,(H,20,23). The first-order chi connectivity index (χ1) is 12.0. The van der Waals surface area contributed by atoms with E-state index in [4.69, 9.17) is 9.47 Å². The quantitative estimate of drug-likeness (QED) is 0.767. The van der Waals surface area contributed by atoms with E-state index in [0.717, 1.165) is 30.2 Å². The van der Waals surface area contributed by atoms with Crippen LogP contribution in [0.2, 0.25) is 0 Å². The minimum Gasteiger partial charge on any atom is -0.489 e. The summed E-state index contributed by atoms with van der Waals surface area (Å²) in [6.07, 6.45) is 5.21. The Hall–Kier alpha value is -1.38. The molecule has 1 saturated heterocycles. The zero-order chi connectivity index (χ0) is 17.8. The summed E-state index contributed by atoms with van der Waals surface area (Å²) >= 11 is 3.44. The van der Waals surface area contributed by atoms with E-state index in [0.29, 0.717) is 25.5 Å². The SMILES string of the molecule is Cn1cc(Br)c(OC2CCC(NC(=O)C3COCCN3)CC2)cc1=O. The summed E-state index contributed by atoms with van der Waals surface area (Å²) in [6, 6.07) is 1.43. The van der Waals surface area contributed by atoms with E-state index < -0.39 is 0 Å². The van der Waals surface area contributed by atoms with E-state index in [9.17, 15) is 9.59 Å². The van der Waals surface area contributed by atoms with Crippen molar-refractivity contribution in [2.45, 2.75) is 43.9 Å². The fraction of sp³-hybridized carbons (Fsp3) is 0.647. The summed E-state index contributed by atoms with van der Waals surface area (Å²) in [4.78, 5) is 24.0. The number of aromatic nitrogens is 1. The molecule has 2 N–H and O–H groups in total. The van der Waals surface area contributed by atoms with Crippen LogP contribution < -0.4 is 20.9 Å². The van der Waals surface area contributed by atoms with Gasteiger partial charge in [0.15, 0.2) is 0 Å². The maximum Gasteiger partial charge on any atom is 0.254 e. The van der Waals surface area contributed by atoms with Crippen LogP contribution in [0.3, 0.4) is 0 Å². The number of morpholine rings is 1. The summed E-state index contributed by atoms with van der Waals surface area (Å²) in [5.74, 6) is 0.595. The summed E-state index contributed by atoms with van der Waals surface area (Å²) in [6.45, 7) is 1.80.